The fraction of sp³-hybridized carbons (Fsp3) is 0.250. The first kappa shape index (κ1) is 15.0. The molecular weight excluding hydrogens is 302 g/mol. The number of amides is 1. The van der Waals surface area contributed by atoms with E-state index in [4.69, 9.17) is 9.25 Å². The summed E-state index contributed by atoms with van der Waals surface area (Å²) in [7, 11) is 0. The van der Waals surface area contributed by atoms with Crippen LogP contribution in [0, 0.1) is 0 Å². The topological polar surface area (TPSA) is 51.5 Å². The van der Waals surface area contributed by atoms with Crippen molar-refractivity contribution in [2.75, 3.05) is 0 Å². The van der Waals surface area contributed by atoms with Crippen LogP contribution in [0.15, 0.2) is 53.1 Å². The molecule has 1 heterocycles. The molecule has 0 aliphatic heterocycles. The maximum atomic E-state index is 12.1. The number of hydrogen-bond donors (Lipinski definition) is 1. The molecule has 4 rings (SSSR count). The van der Waals surface area contributed by atoms with Gasteiger partial charge in [0.25, 0.3) is 0 Å². The molecule has 4 heteroatoms. The first-order valence-electron chi connectivity index (χ1n) is 8.26. The summed E-state index contributed by atoms with van der Waals surface area (Å²) in [5.74, 6) is -0.172. The van der Waals surface area contributed by atoms with Crippen molar-refractivity contribution in [2.45, 2.75) is 32.3 Å². The summed E-state index contributed by atoms with van der Waals surface area (Å²) < 4.78 is 5.63. The highest BCUT2D eigenvalue weighted by Gasteiger charge is 2.16. The fourth-order valence-corrected chi connectivity index (χ4v) is 3.27. The van der Waals surface area contributed by atoms with Gasteiger partial charge >= 0.3 is 0 Å². The molecule has 0 unspecified atom stereocenters. The van der Waals surface area contributed by atoms with Crippen LogP contribution in [0.3, 0.4) is 0 Å². The number of carbonyl (C=O) groups excluding carboxylic acids is 1. The van der Waals surface area contributed by atoms with Crippen LogP contribution < -0.4 is 5.48 Å². The van der Waals surface area contributed by atoms with Gasteiger partial charge in [0.2, 0.25) is 5.91 Å². The minimum Gasteiger partial charge on any atom is -0.464 e. The first-order chi connectivity index (χ1) is 11.8. The highest BCUT2D eigenvalue weighted by Crippen LogP contribution is 2.30. The number of hydrogen-bond acceptors (Lipinski definition) is 3. The summed E-state index contributed by atoms with van der Waals surface area (Å²) in [6.45, 7) is 0.353. The van der Waals surface area contributed by atoms with Crippen molar-refractivity contribution in [1.82, 2.24) is 5.48 Å². The van der Waals surface area contributed by atoms with E-state index >= 15 is 0 Å². The third kappa shape index (κ3) is 3.05. The second-order valence-corrected chi connectivity index (χ2v) is 6.21. The molecular formula is C20H19NO3. The summed E-state index contributed by atoms with van der Waals surface area (Å²) in [6.07, 6.45) is 5.36. The standard InChI is InChI=1S/C20H19NO3/c22-20(21-24-12-14-5-2-1-3-6-14)11-17-13-23-19-10-16-8-4-7-15(16)9-18(17)19/h1-3,5-6,9-10,13H,4,7-8,11-12H2,(H,21,22). The van der Waals surface area contributed by atoms with Crippen molar-refractivity contribution in [3.05, 3.63) is 71.0 Å². The molecule has 0 saturated carbocycles. The lowest BCUT2D eigenvalue weighted by Crippen LogP contribution is -2.25. The van der Waals surface area contributed by atoms with Gasteiger partial charge in [-0.2, -0.15) is 0 Å². The second kappa shape index (κ2) is 6.49. The van der Waals surface area contributed by atoms with Gasteiger partial charge in [-0.25, -0.2) is 5.48 Å². The SMILES string of the molecule is O=C(Cc1coc2cc3c(cc12)CCC3)NOCc1ccccc1. The van der Waals surface area contributed by atoms with Gasteiger partial charge < -0.3 is 4.42 Å². The molecule has 4 nitrogen and oxygen atoms in total. The van der Waals surface area contributed by atoms with E-state index in [9.17, 15) is 4.79 Å². The summed E-state index contributed by atoms with van der Waals surface area (Å²) >= 11 is 0. The Bertz CT molecular complexity index is 867. The molecule has 122 valence electrons. The Morgan fingerprint density at radius 2 is 1.92 bits per heavy atom. The Labute approximate surface area is 140 Å². The van der Waals surface area contributed by atoms with Crippen molar-refractivity contribution in [3.8, 4) is 0 Å². The maximum Gasteiger partial charge on any atom is 0.248 e. The summed E-state index contributed by atoms with van der Waals surface area (Å²) in [5.41, 5.74) is 8.04. The number of rotatable bonds is 5. The zero-order valence-electron chi connectivity index (χ0n) is 13.4. The van der Waals surface area contributed by atoms with Crippen LogP contribution in [-0.2, 0) is 35.5 Å². The van der Waals surface area contributed by atoms with Gasteiger partial charge in [-0.3, -0.25) is 9.63 Å². The fourth-order valence-electron chi connectivity index (χ4n) is 3.27. The van der Waals surface area contributed by atoms with E-state index < -0.39 is 0 Å². The van der Waals surface area contributed by atoms with Crippen molar-refractivity contribution < 1.29 is 14.0 Å². The zero-order chi connectivity index (χ0) is 16.4. The van der Waals surface area contributed by atoms with Gasteiger partial charge in [-0.15, -0.1) is 0 Å². The quantitative estimate of drug-likeness (QED) is 0.729. The van der Waals surface area contributed by atoms with E-state index in [2.05, 4.69) is 17.6 Å². The van der Waals surface area contributed by atoms with Crippen LogP contribution in [0.2, 0.25) is 0 Å². The Hall–Kier alpha value is -2.59. The molecule has 1 aliphatic rings. The van der Waals surface area contributed by atoms with E-state index in [0.717, 1.165) is 34.9 Å². The van der Waals surface area contributed by atoms with E-state index in [1.54, 1.807) is 6.26 Å². The molecule has 0 bridgehead atoms. The molecule has 1 aliphatic carbocycles. The van der Waals surface area contributed by atoms with Crippen LogP contribution in [0.25, 0.3) is 11.0 Å². The first-order valence-corrected chi connectivity index (χ1v) is 8.26. The molecule has 2 aromatic carbocycles. The van der Waals surface area contributed by atoms with E-state index in [-0.39, 0.29) is 12.3 Å². The van der Waals surface area contributed by atoms with E-state index in [0.29, 0.717) is 6.61 Å². The molecule has 1 aromatic heterocycles. The number of hydroxylamine groups is 1. The number of furan rings is 1. The van der Waals surface area contributed by atoms with Crippen molar-refractivity contribution in [3.63, 3.8) is 0 Å². The van der Waals surface area contributed by atoms with Gasteiger partial charge in [0.15, 0.2) is 0 Å². The molecule has 0 spiro atoms. The lowest BCUT2D eigenvalue weighted by atomic mass is 10.0. The molecule has 0 radical (unpaired) electrons. The van der Waals surface area contributed by atoms with Crippen molar-refractivity contribution in [1.29, 1.82) is 0 Å². The molecule has 1 N–H and O–H groups in total. The predicted octanol–water partition coefficient (Wildman–Crippen LogP) is 3.71. The third-order valence-electron chi connectivity index (χ3n) is 4.49. The van der Waals surface area contributed by atoms with Crippen molar-refractivity contribution in [2.24, 2.45) is 0 Å². The minimum atomic E-state index is -0.172. The number of benzene rings is 2. The number of fused-ring (bicyclic) bond motifs is 2. The third-order valence-corrected chi connectivity index (χ3v) is 4.49. The minimum absolute atomic E-state index is 0.172. The van der Waals surface area contributed by atoms with Crippen LogP contribution in [0.4, 0.5) is 0 Å². The van der Waals surface area contributed by atoms with Gasteiger partial charge in [-0.05, 0) is 48.1 Å². The van der Waals surface area contributed by atoms with Crippen LogP contribution in [0.1, 0.15) is 28.7 Å². The Morgan fingerprint density at radius 1 is 1.12 bits per heavy atom. The van der Waals surface area contributed by atoms with Crippen LogP contribution in [-0.4, -0.2) is 5.91 Å². The average Bonchev–Trinajstić information content (AvgIpc) is 3.20. The van der Waals surface area contributed by atoms with Crippen LogP contribution in [0.5, 0.6) is 0 Å². The number of nitrogens with one attached hydrogen (secondary N) is 1. The summed E-state index contributed by atoms with van der Waals surface area (Å²) in [6, 6.07) is 14.0. The Kier molecular flexibility index (Phi) is 4.05. The molecule has 0 atom stereocenters. The van der Waals surface area contributed by atoms with Gasteiger partial charge in [0.1, 0.15) is 5.58 Å². The monoisotopic (exact) mass is 321 g/mol. The Balaban J connectivity index is 1.40. The predicted molar refractivity (Wildman–Crippen MR) is 91.3 cm³/mol. The highest BCUT2D eigenvalue weighted by atomic mass is 16.6. The van der Waals surface area contributed by atoms with Gasteiger partial charge in [-0.1, -0.05) is 30.3 Å². The molecule has 0 saturated heterocycles. The average molecular weight is 321 g/mol. The maximum absolute atomic E-state index is 12.1. The molecule has 0 fully saturated rings. The van der Waals surface area contributed by atoms with E-state index in [1.807, 2.05) is 30.3 Å². The lowest BCUT2D eigenvalue weighted by Gasteiger charge is -2.05. The van der Waals surface area contributed by atoms with Gasteiger partial charge in [0, 0.05) is 10.9 Å². The Morgan fingerprint density at radius 3 is 2.75 bits per heavy atom. The van der Waals surface area contributed by atoms with Gasteiger partial charge in [0.05, 0.1) is 19.3 Å². The van der Waals surface area contributed by atoms with E-state index in [1.165, 1.54) is 17.5 Å². The molecule has 24 heavy (non-hydrogen) atoms. The second-order valence-electron chi connectivity index (χ2n) is 6.21. The number of aryl methyl sites for hydroxylation is 2. The zero-order valence-corrected chi connectivity index (χ0v) is 13.4. The number of carbonyl (C=O) groups is 1. The normalized spacial score (nSPS) is 13.2. The van der Waals surface area contributed by atoms with Crippen molar-refractivity contribution >= 4 is 16.9 Å². The van der Waals surface area contributed by atoms with Crippen LogP contribution >= 0.6 is 0 Å². The summed E-state index contributed by atoms with van der Waals surface area (Å²) in [4.78, 5) is 17.4. The largest absolute Gasteiger partial charge is 0.464 e. The lowest BCUT2D eigenvalue weighted by molar-refractivity contribution is -0.133. The molecule has 1 amide bonds. The molecule has 3 aromatic rings. The highest BCUT2D eigenvalue weighted by molar-refractivity contribution is 5.88. The smallest absolute Gasteiger partial charge is 0.248 e. The summed E-state index contributed by atoms with van der Waals surface area (Å²) in [5, 5.41) is 1.04.